The first-order valence-corrected chi connectivity index (χ1v) is 1.43. The van der Waals surface area contributed by atoms with E-state index in [4.69, 9.17) is 4.79 Å². The van der Waals surface area contributed by atoms with Crippen molar-refractivity contribution >= 4 is 29.7 Å². The molecule has 0 aromatic carbocycles. The van der Waals surface area contributed by atoms with Gasteiger partial charge < -0.3 is 30.1 Å². The maximum Gasteiger partial charge on any atom is 2.00 e. The minimum absolute atomic E-state index is 0. The van der Waals surface area contributed by atoms with Gasteiger partial charge in [-0.05, 0) is 0 Å². The molecule has 0 atom stereocenters. The normalized spacial score (nSPS) is 4.80. The minimum Gasteiger partial charge on any atom is -0.767 e. The molecule has 0 spiro atoms. The number of rotatable bonds is 0. The molecule has 0 saturated carbocycles. The largest absolute Gasteiger partial charge is 2.00 e. The van der Waals surface area contributed by atoms with Crippen LogP contribution in [-0.2, 0) is 52.6 Å². The van der Waals surface area contributed by atoms with Gasteiger partial charge in [0.2, 0.25) is 0 Å². The van der Waals surface area contributed by atoms with Crippen molar-refractivity contribution in [1.29, 1.82) is 0 Å². The SMILES string of the molecule is O=C([S-])[S-].[Cd+2]. The van der Waals surface area contributed by atoms with E-state index >= 15 is 0 Å². The average Bonchev–Trinajstić information content (AvgIpc) is 0.811. The zero-order valence-electron chi connectivity index (χ0n) is 2.43. The van der Waals surface area contributed by atoms with Gasteiger partial charge in [0.1, 0.15) is 0 Å². The van der Waals surface area contributed by atoms with Gasteiger partial charge in [0, 0.05) is 0 Å². The molecule has 0 amide bonds. The van der Waals surface area contributed by atoms with E-state index in [1.165, 1.54) is 0 Å². The van der Waals surface area contributed by atoms with Gasteiger partial charge in [-0.2, -0.15) is 0 Å². The summed E-state index contributed by atoms with van der Waals surface area (Å²) in [6.07, 6.45) is 0. The third-order valence-electron chi connectivity index (χ3n) is 0. The smallest absolute Gasteiger partial charge is 0.767 e. The van der Waals surface area contributed by atoms with E-state index in [2.05, 4.69) is 25.3 Å². The molecule has 24 valence electrons. The molecule has 0 rings (SSSR count). The maximum atomic E-state index is 9.07. The van der Waals surface area contributed by atoms with Crippen molar-refractivity contribution in [2.75, 3.05) is 0 Å². The van der Waals surface area contributed by atoms with E-state index in [0.29, 0.717) is 0 Å². The van der Waals surface area contributed by atoms with Crippen LogP contribution in [-0.4, -0.2) is 4.45 Å². The molecule has 0 radical (unpaired) electrons. The van der Waals surface area contributed by atoms with Crippen LogP contribution in [0.2, 0.25) is 0 Å². The van der Waals surface area contributed by atoms with Crippen LogP contribution < -0.4 is 0 Å². The number of carbonyl (C=O) groups is 1. The summed E-state index contributed by atoms with van der Waals surface area (Å²) in [4.78, 5) is 9.07. The fourth-order valence-electron chi connectivity index (χ4n) is 0. The van der Waals surface area contributed by atoms with Gasteiger partial charge in [-0.15, -0.1) is 4.45 Å². The van der Waals surface area contributed by atoms with Crippen LogP contribution in [0.5, 0.6) is 0 Å². The Balaban J connectivity index is 0. The fraction of sp³-hybridized carbons (Fsp3) is 0. The third kappa shape index (κ3) is 43.4. The summed E-state index contributed by atoms with van der Waals surface area (Å²) in [6.45, 7) is 0. The van der Waals surface area contributed by atoms with Crippen molar-refractivity contribution in [3.05, 3.63) is 0 Å². The van der Waals surface area contributed by atoms with Crippen LogP contribution in [0, 0.1) is 0 Å². The molecule has 0 heterocycles. The summed E-state index contributed by atoms with van der Waals surface area (Å²) >= 11 is 7.59. The molecule has 0 aliphatic carbocycles. The van der Waals surface area contributed by atoms with Crippen LogP contribution in [0.25, 0.3) is 0 Å². The van der Waals surface area contributed by atoms with E-state index in [1.807, 2.05) is 0 Å². The Morgan fingerprint density at radius 1 is 1.40 bits per heavy atom. The van der Waals surface area contributed by atoms with Gasteiger partial charge in [-0.1, -0.05) is 0 Å². The second-order valence-corrected chi connectivity index (χ2v) is 1.25. The van der Waals surface area contributed by atoms with Gasteiger partial charge >= 0.3 is 27.3 Å². The van der Waals surface area contributed by atoms with Crippen molar-refractivity contribution in [3.63, 3.8) is 0 Å². The zero-order chi connectivity index (χ0) is 3.58. The average molecular weight is 205 g/mol. The molecule has 5 heavy (non-hydrogen) atoms. The summed E-state index contributed by atoms with van der Waals surface area (Å²) in [5.74, 6) is 0. The third-order valence-corrected chi connectivity index (χ3v) is 0. The first kappa shape index (κ1) is 9.40. The topological polar surface area (TPSA) is 17.1 Å². The molecular weight excluding hydrogens is 205 g/mol. The second kappa shape index (κ2) is 5.03. The number of carbonyl (C=O) groups excluding carboxylic acids is 1. The van der Waals surface area contributed by atoms with E-state index in [0.717, 1.165) is 0 Å². The Bertz CT molecular complexity index is 32.6. The molecule has 0 aromatic rings. The standard InChI is InChI=1S/CH2OS2.Cd/c2-1(3)4;/h(H2,2,3,4);/q;+2/p-2. The number of hydrogen-bond donors (Lipinski definition) is 0. The van der Waals surface area contributed by atoms with Gasteiger partial charge in [0.25, 0.3) is 0 Å². The van der Waals surface area contributed by atoms with Crippen LogP contribution in [0.1, 0.15) is 0 Å². The predicted octanol–water partition coefficient (Wildman–Crippen LogP) is 0.198. The van der Waals surface area contributed by atoms with Crippen LogP contribution >= 0.6 is 0 Å². The van der Waals surface area contributed by atoms with E-state index in [-0.39, 0.29) is 27.3 Å². The van der Waals surface area contributed by atoms with E-state index < -0.39 is 4.45 Å². The van der Waals surface area contributed by atoms with E-state index in [9.17, 15) is 0 Å². The van der Waals surface area contributed by atoms with Crippen molar-refractivity contribution in [3.8, 4) is 0 Å². The second-order valence-electron chi connectivity index (χ2n) is 0.250. The Labute approximate surface area is 61.5 Å². The molecule has 0 fully saturated rings. The first-order valence-electron chi connectivity index (χ1n) is 0.612. The summed E-state index contributed by atoms with van der Waals surface area (Å²) in [7, 11) is 0. The van der Waals surface area contributed by atoms with Crippen LogP contribution in [0.4, 0.5) is 4.79 Å². The molecule has 0 bridgehead atoms. The first-order chi connectivity index (χ1) is 1.73. The van der Waals surface area contributed by atoms with Crippen LogP contribution in [0.3, 0.4) is 0 Å². The Morgan fingerprint density at radius 3 is 1.40 bits per heavy atom. The number of hydrogen-bond acceptors (Lipinski definition) is 3. The molecule has 0 aliphatic rings. The zero-order valence-corrected chi connectivity index (χ0v) is 8.10. The quantitative estimate of drug-likeness (QED) is 0.415. The molecule has 0 aliphatic heterocycles. The monoisotopic (exact) mass is 206 g/mol. The Morgan fingerprint density at radius 2 is 1.40 bits per heavy atom. The van der Waals surface area contributed by atoms with Crippen molar-refractivity contribution in [2.45, 2.75) is 0 Å². The summed E-state index contributed by atoms with van der Waals surface area (Å²) < 4.78 is -0.667. The van der Waals surface area contributed by atoms with Crippen molar-refractivity contribution < 1.29 is 32.1 Å². The molecule has 0 N–H and O–H groups in total. The molecule has 1 nitrogen and oxygen atoms in total. The van der Waals surface area contributed by atoms with Crippen LogP contribution in [0.15, 0.2) is 0 Å². The van der Waals surface area contributed by atoms with Gasteiger partial charge in [-0.25, -0.2) is 0 Å². The summed E-state index contributed by atoms with van der Waals surface area (Å²) in [5, 5.41) is 0. The van der Waals surface area contributed by atoms with Gasteiger partial charge in [0.05, 0.1) is 0 Å². The minimum atomic E-state index is -0.667. The fourth-order valence-corrected chi connectivity index (χ4v) is 0. The molecular formula is CCdOS2. The summed E-state index contributed by atoms with van der Waals surface area (Å²) in [5.41, 5.74) is 0. The van der Waals surface area contributed by atoms with Gasteiger partial charge in [0.15, 0.2) is 0 Å². The molecule has 0 aromatic heterocycles. The molecule has 0 saturated heterocycles. The summed E-state index contributed by atoms with van der Waals surface area (Å²) in [6, 6.07) is 0. The van der Waals surface area contributed by atoms with E-state index in [1.54, 1.807) is 0 Å². The van der Waals surface area contributed by atoms with Gasteiger partial charge in [-0.3, -0.25) is 0 Å². The van der Waals surface area contributed by atoms with Crippen molar-refractivity contribution in [1.82, 2.24) is 0 Å². The predicted molar refractivity (Wildman–Crippen MR) is 20.1 cm³/mol. The van der Waals surface area contributed by atoms with Crippen molar-refractivity contribution in [2.24, 2.45) is 0 Å². The Kier molecular flexibility index (Phi) is 9.46. The maximum absolute atomic E-state index is 9.07. The molecule has 4 heteroatoms. The Hall–Kier alpha value is 1.03. The molecule has 0 unspecified atom stereocenters.